The molecule has 1 aromatic heterocycles. The van der Waals surface area contributed by atoms with Crippen LogP contribution in [0.4, 0.5) is 0 Å². The lowest BCUT2D eigenvalue weighted by Gasteiger charge is -2.19. The molecule has 0 aliphatic heterocycles. The number of hydrogen-bond donors (Lipinski definition) is 1. The zero-order valence-electron chi connectivity index (χ0n) is 16.9. The molecule has 0 spiro atoms. The lowest BCUT2D eigenvalue weighted by Crippen LogP contribution is -2.25. The SMILES string of the molecule is CC(OS(C)(=O)=O)c1nn(C)c(C(=O)NCc2ccc(C(C)(C)C)cc2)c1Cl. The van der Waals surface area contributed by atoms with Crippen molar-refractivity contribution in [2.45, 2.75) is 45.8 Å². The van der Waals surface area contributed by atoms with Gasteiger partial charge in [-0.3, -0.25) is 13.7 Å². The van der Waals surface area contributed by atoms with Gasteiger partial charge in [-0.1, -0.05) is 56.6 Å². The highest BCUT2D eigenvalue weighted by Crippen LogP contribution is 2.28. The number of carbonyl (C=O) groups is 1. The van der Waals surface area contributed by atoms with Gasteiger partial charge in [0.2, 0.25) is 0 Å². The average Bonchev–Trinajstić information content (AvgIpc) is 2.85. The molecule has 1 N–H and O–H groups in total. The summed E-state index contributed by atoms with van der Waals surface area (Å²) in [6.45, 7) is 8.25. The largest absolute Gasteiger partial charge is 0.347 e. The Morgan fingerprint density at radius 3 is 2.36 bits per heavy atom. The van der Waals surface area contributed by atoms with Crippen molar-refractivity contribution in [1.82, 2.24) is 15.1 Å². The molecular formula is C19H26ClN3O4S. The Hall–Kier alpha value is -1.90. The number of nitrogens with zero attached hydrogens (tertiary/aromatic N) is 2. The van der Waals surface area contributed by atoms with E-state index in [1.54, 1.807) is 7.05 Å². The van der Waals surface area contributed by atoms with Crippen LogP contribution in [0, 0.1) is 0 Å². The molecule has 0 bridgehead atoms. The Morgan fingerprint density at radius 1 is 1.29 bits per heavy atom. The van der Waals surface area contributed by atoms with Crippen LogP contribution in [-0.2, 0) is 33.3 Å². The number of rotatable bonds is 6. The van der Waals surface area contributed by atoms with E-state index in [0.29, 0.717) is 6.54 Å². The fraction of sp³-hybridized carbons (Fsp3) is 0.474. The van der Waals surface area contributed by atoms with Crippen LogP contribution in [0.3, 0.4) is 0 Å². The summed E-state index contributed by atoms with van der Waals surface area (Å²) in [5.74, 6) is -0.405. The third-order valence-corrected chi connectivity index (χ3v) is 5.22. The van der Waals surface area contributed by atoms with Crippen molar-refractivity contribution < 1.29 is 17.4 Å². The third-order valence-electron chi connectivity index (χ3n) is 4.21. The van der Waals surface area contributed by atoms with Gasteiger partial charge >= 0.3 is 0 Å². The van der Waals surface area contributed by atoms with E-state index < -0.39 is 22.1 Å². The fourth-order valence-electron chi connectivity index (χ4n) is 2.72. The van der Waals surface area contributed by atoms with E-state index in [1.807, 2.05) is 24.3 Å². The Kier molecular flexibility index (Phi) is 6.58. The molecule has 2 rings (SSSR count). The first kappa shape index (κ1) is 22.4. The fourth-order valence-corrected chi connectivity index (χ4v) is 3.74. The number of amides is 1. The summed E-state index contributed by atoms with van der Waals surface area (Å²) in [5.41, 5.74) is 2.56. The molecular weight excluding hydrogens is 402 g/mol. The molecule has 1 heterocycles. The van der Waals surface area contributed by atoms with Gasteiger partial charge in [-0.25, -0.2) is 0 Å². The van der Waals surface area contributed by atoms with Gasteiger partial charge in [0.15, 0.2) is 0 Å². The summed E-state index contributed by atoms with van der Waals surface area (Å²) in [6.07, 6.45) is 0.0408. The average molecular weight is 428 g/mol. The van der Waals surface area contributed by atoms with Gasteiger partial charge in [0.25, 0.3) is 16.0 Å². The zero-order valence-corrected chi connectivity index (χ0v) is 18.5. The van der Waals surface area contributed by atoms with Crippen molar-refractivity contribution in [2.24, 2.45) is 7.05 Å². The number of halogens is 1. The van der Waals surface area contributed by atoms with Crippen LogP contribution < -0.4 is 5.32 Å². The molecule has 1 amide bonds. The standard InChI is InChI=1S/C19H26ClN3O4S/c1-12(27-28(6,25)26)16-15(20)17(23(5)22-16)18(24)21-11-13-7-9-14(10-8-13)19(2,3)4/h7-10,12H,11H2,1-6H3,(H,21,24). The molecule has 1 unspecified atom stereocenters. The molecule has 0 saturated heterocycles. The lowest BCUT2D eigenvalue weighted by atomic mass is 9.87. The minimum Gasteiger partial charge on any atom is -0.347 e. The van der Waals surface area contributed by atoms with Gasteiger partial charge in [0.1, 0.15) is 17.5 Å². The Labute approximate surface area is 171 Å². The highest BCUT2D eigenvalue weighted by molar-refractivity contribution is 7.86. The molecule has 0 fully saturated rings. The molecule has 2 aromatic rings. The number of carbonyl (C=O) groups excluding carboxylic acids is 1. The van der Waals surface area contributed by atoms with Gasteiger partial charge in [-0.05, 0) is 23.5 Å². The van der Waals surface area contributed by atoms with Crippen LogP contribution in [0.5, 0.6) is 0 Å². The Morgan fingerprint density at radius 2 is 1.86 bits per heavy atom. The molecule has 1 aromatic carbocycles. The van der Waals surface area contributed by atoms with E-state index >= 15 is 0 Å². The van der Waals surface area contributed by atoms with E-state index in [4.69, 9.17) is 15.8 Å². The smallest absolute Gasteiger partial charge is 0.271 e. The number of benzene rings is 1. The van der Waals surface area contributed by atoms with E-state index in [-0.39, 0.29) is 21.8 Å². The van der Waals surface area contributed by atoms with Crippen LogP contribution in [-0.4, -0.2) is 30.4 Å². The van der Waals surface area contributed by atoms with Gasteiger partial charge in [-0.2, -0.15) is 13.5 Å². The molecule has 0 aliphatic rings. The summed E-state index contributed by atoms with van der Waals surface area (Å²) in [4.78, 5) is 12.6. The molecule has 0 aliphatic carbocycles. The molecule has 154 valence electrons. The van der Waals surface area contributed by atoms with E-state index in [1.165, 1.54) is 17.2 Å². The molecule has 9 heteroatoms. The van der Waals surface area contributed by atoms with Crippen LogP contribution in [0.15, 0.2) is 24.3 Å². The first-order valence-corrected chi connectivity index (χ1v) is 11.0. The summed E-state index contributed by atoms with van der Waals surface area (Å²) < 4.78 is 28.9. The summed E-state index contributed by atoms with van der Waals surface area (Å²) in [7, 11) is -2.12. The van der Waals surface area contributed by atoms with Crippen LogP contribution in [0.1, 0.15) is 61.1 Å². The lowest BCUT2D eigenvalue weighted by molar-refractivity contribution is 0.0941. The van der Waals surface area contributed by atoms with Gasteiger partial charge < -0.3 is 5.32 Å². The molecule has 1 atom stereocenters. The Balaban J connectivity index is 2.12. The first-order valence-electron chi connectivity index (χ1n) is 8.78. The second-order valence-electron chi connectivity index (χ2n) is 7.74. The molecule has 28 heavy (non-hydrogen) atoms. The van der Waals surface area contributed by atoms with Crippen LogP contribution >= 0.6 is 11.6 Å². The first-order chi connectivity index (χ1) is 12.8. The van der Waals surface area contributed by atoms with Gasteiger partial charge in [-0.15, -0.1) is 0 Å². The highest BCUT2D eigenvalue weighted by Gasteiger charge is 2.26. The van der Waals surface area contributed by atoms with Crippen LogP contribution in [0.25, 0.3) is 0 Å². The zero-order chi connectivity index (χ0) is 21.3. The van der Waals surface area contributed by atoms with E-state index in [9.17, 15) is 13.2 Å². The maximum atomic E-state index is 12.6. The van der Waals surface area contributed by atoms with Crippen molar-refractivity contribution in [2.75, 3.05) is 6.26 Å². The van der Waals surface area contributed by atoms with Crippen molar-refractivity contribution in [3.63, 3.8) is 0 Å². The van der Waals surface area contributed by atoms with Gasteiger partial charge in [0, 0.05) is 13.6 Å². The highest BCUT2D eigenvalue weighted by atomic mass is 35.5. The summed E-state index contributed by atoms with van der Waals surface area (Å²) in [5, 5.41) is 7.02. The maximum absolute atomic E-state index is 12.6. The third kappa shape index (κ3) is 5.56. The van der Waals surface area contributed by atoms with Gasteiger partial charge in [0.05, 0.1) is 11.3 Å². The monoisotopic (exact) mass is 427 g/mol. The minimum absolute atomic E-state index is 0.0607. The number of aryl methyl sites for hydroxylation is 1. The number of nitrogens with one attached hydrogen (secondary N) is 1. The van der Waals surface area contributed by atoms with Crippen LogP contribution in [0.2, 0.25) is 5.02 Å². The van der Waals surface area contributed by atoms with Crippen molar-refractivity contribution >= 4 is 27.6 Å². The molecule has 0 radical (unpaired) electrons. The van der Waals surface area contributed by atoms with Crippen molar-refractivity contribution in [3.05, 3.63) is 51.8 Å². The Bertz CT molecular complexity index is 960. The number of hydrogen-bond acceptors (Lipinski definition) is 5. The van der Waals surface area contributed by atoms with Crippen molar-refractivity contribution in [1.29, 1.82) is 0 Å². The van der Waals surface area contributed by atoms with E-state index in [2.05, 4.69) is 31.2 Å². The predicted molar refractivity (Wildman–Crippen MR) is 109 cm³/mol. The topological polar surface area (TPSA) is 90.3 Å². The number of aromatic nitrogens is 2. The van der Waals surface area contributed by atoms with E-state index in [0.717, 1.165) is 11.8 Å². The quantitative estimate of drug-likeness (QED) is 0.714. The maximum Gasteiger partial charge on any atom is 0.271 e. The second kappa shape index (κ2) is 8.23. The summed E-state index contributed by atoms with van der Waals surface area (Å²) in [6, 6.07) is 8.03. The summed E-state index contributed by atoms with van der Waals surface area (Å²) >= 11 is 6.28. The van der Waals surface area contributed by atoms with Crippen molar-refractivity contribution in [3.8, 4) is 0 Å². The minimum atomic E-state index is -3.68. The molecule has 0 saturated carbocycles. The normalized spacial score (nSPS) is 13.4. The molecule has 7 nitrogen and oxygen atoms in total. The predicted octanol–water partition coefficient (Wildman–Crippen LogP) is 3.34. The second-order valence-corrected chi connectivity index (χ2v) is 9.72.